The number of nitrogens with zero attached hydrogens (tertiary/aromatic N) is 5. The molecule has 2 fully saturated rings. The number of hydrogen-bond acceptors (Lipinski definition) is 8. The molecule has 0 spiro atoms. The molecule has 1 N–H and O–H groups in total. The summed E-state index contributed by atoms with van der Waals surface area (Å²) in [6, 6.07) is 19.4. The van der Waals surface area contributed by atoms with Crippen molar-refractivity contribution in [1.29, 1.82) is 0 Å². The zero-order chi connectivity index (χ0) is 28.7. The van der Waals surface area contributed by atoms with Crippen molar-refractivity contribution in [1.82, 2.24) is 30.5 Å². The molecular formula is C32H36N6O4. The molecule has 2 aromatic heterocycles. The van der Waals surface area contributed by atoms with Gasteiger partial charge in [0.05, 0.1) is 5.92 Å². The summed E-state index contributed by atoms with van der Waals surface area (Å²) in [6.07, 6.45) is 6.20. The van der Waals surface area contributed by atoms with E-state index >= 15 is 0 Å². The number of nitrogens with one attached hydrogen (secondary N) is 1. The van der Waals surface area contributed by atoms with Crippen molar-refractivity contribution in [3.8, 4) is 11.4 Å². The molecule has 2 aromatic carbocycles. The molecule has 3 unspecified atom stereocenters. The number of amides is 2. The third-order valence-corrected chi connectivity index (χ3v) is 8.30. The van der Waals surface area contributed by atoms with Crippen LogP contribution in [0.1, 0.15) is 74.0 Å². The molecule has 4 aromatic rings. The molecule has 10 nitrogen and oxygen atoms in total. The molecule has 218 valence electrons. The predicted molar refractivity (Wildman–Crippen MR) is 154 cm³/mol. The van der Waals surface area contributed by atoms with Crippen molar-refractivity contribution < 1.29 is 18.6 Å². The van der Waals surface area contributed by atoms with Crippen molar-refractivity contribution >= 4 is 11.8 Å². The van der Waals surface area contributed by atoms with Crippen molar-refractivity contribution in [2.75, 3.05) is 13.1 Å². The molecule has 1 aliphatic carbocycles. The zero-order valence-electron chi connectivity index (χ0n) is 23.7. The van der Waals surface area contributed by atoms with Gasteiger partial charge >= 0.3 is 0 Å². The number of aromatic nitrogens is 4. The van der Waals surface area contributed by atoms with Gasteiger partial charge in [0.2, 0.25) is 29.4 Å². The summed E-state index contributed by atoms with van der Waals surface area (Å²) >= 11 is 0. The third kappa shape index (κ3) is 6.58. The Morgan fingerprint density at radius 3 is 2.52 bits per heavy atom. The number of hydrogen-bond donors (Lipinski definition) is 1. The fourth-order valence-electron chi connectivity index (χ4n) is 6.12. The molecule has 2 amide bonds. The summed E-state index contributed by atoms with van der Waals surface area (Å²) in [5, 5.41) is 11.4. The largest absolute Gasteiger partial charge is 0.356 e. The summed E-state index contributed by atoms with van der Waals surface area (Å²) < 4.78 is 11.2. The smallest absolute Gasteiger partial charge is 0.229 e. The Balaban J connectivity index is 1.17. The Morgan fingerprint density at radius 2 is 1.69 bits per heavy atom. The van der Waals surface area contributed by atoms with Gasteiger partial charge in [0.1, 0.15) is 0 Å². The monoisotopic (exact) mass is 568 g/mol. The topological polar surface area (TPSA) is 127 Å². The van der Waals surface area contributed by atoms with Gasteiger partial charge in [-0.15, -0.1) is 0 Å². The Bertz CT molecular complexity index is 1470. The quantitative estimate of drug-likeness (QED) is 0.339. The van der Waals surface area contributed by atoms with Crippen LogP contribution in [-0.2, 0) is 22.4 Å². The van der Waals surface area contributed by atoms with Crippen LogP contribution in [0, 0.1) is 5.92 Å². The number of carbonyl (C=O) groups is 2. The number of rotatable bonds is 7. The van der Waals surface area contributed by atoms with Crippen LogP contribution in [-0.4, -0.2) is 56.1 Å². The SMILES string of the molecule is O=C1NCCCCCCN(C(=O)CCc2nc(-c3ccccc3)no2)C2CC(c3nc(Cc4ccccc4)no3)CC12. The number of aryl methyl sites for hydroxylation is 1. The summed E-state index contributed by atoms with van der Waals surface area (Å²) in [4.78, 5) is 38.3. The first-order chi connectivity index (χ1) is 20.6. The van der Waals surface area contributed by atoms with Crippen molar-refractivity contribution in [3.05, 3.63) is 83.8 Å². The van der Waals surface area contributed by atoms with Crippen molar-refractivity contribution in [3.63, 3.8) is 0 Å². The molecule has 2 aliphatic rings. The minimum atomic E-state index is -0.338. The lowest BCUT2D eigenvalue weighted by molar-refractivity contribution is -0.136. The van der Waals surface area contributed by atoms with Gasteiger partial charge in [-0.25, -0.2) is 0 Å². The van der Waals surface area contributed by atoms with Crippen molar-refractivity contribution in [2.24, 2.45) is 5.92 Å². The van der Waals surface area contributed by atoms with Crippen LogP contribution in [0.3, 0.4) is 0 Å². The highest BCUT2D eigenvalue weighted by Crippen LogP contribution is 2.41. The van der Waals surface area contributed by atoms with E-state index in [2.05, 4.69) is 20.6 Å². The first-order valence-corrected chi connectivity index (χ1v) is 15.0. The number of benzene rings is 2. The molecule has 1 aliphatic heterocycles. The van der Waals surface area contributed by atoms with E-state index in [4.69, 9.17) is 14.0 Å². The standard InChI is InChI=1S/C32H36N6O4/c39-29(16-15-28-35-30(37-41-28)23-13-7-4-8-14-23)38-18-10-2-1-9-17-33-31(40)25-20-24(21-26(25)38)32-34-27(36-42-32)19-22-11-5-3-6-12-22/h3-8,11-14,24-26H,1-2,9-10,15-21H2,(H,33,40). The van der Waals surface area contributed by atoms with Crippen LogP contribution in [0.25, 0.3) is 11.4 Å². The molecule has 1 saturated heterocycles. The van der Waals surface area contributed by atoms with Crippen LogP contribution in [0.4, 0.5) is 0 Å². The summed E-state index contributed by atoms with van der Waals surface area (Å²) in [5.41, 5.74) is 1.97. The van der Waals surface area contributed by atoms with Gasteiger partial charge in [0.15, 0.2) is 5.82 Å². The van der Waals surface area contributed by atoms with E-state index in [1.807, 2.05) is 65.6 Å². The molecular weight excluding hydrogens is 532 g/mol. The van der Waals surface area contributed by atoms with Gasteiger partial charge in [-0.2, -0.15) is 9.97 Å². The average Bonchev–Trinajstić information content (AvgIpc) is 3.78. The van der Waals surface area contributed by atoms with E-state index in [1.165, 1.54) is 0 Å². The fourth-order valence-corrected chi connectivity index (χ4v) is 6.12. The van der Waals surface area contributed by atoms with E-state index in [9.17, 15) is 9.59 Å². The molecule has 0 radical (unpaired) electrons. The van der Waals surface area contributed by atoms with Gasteiger partial charge in [-0.05, 0) is 31.2 Å². The second kappa shape index (κ2) is 13.1. The molecule has 0 bridgehead atoms. The third-order valence-electron chi connectivity index (χ3n) is 8.30. The van der Waals surface area contributed by atoms with Crippen LogP contribution in [0.2, 0.25) is 0 Å². The number of fused-ring (bicyclic) bond motifs is 1. The molecule has 42 heavy (non-hydrogen) atoms. The maximum atomic E-state index is 13.8. The van der Waals surface area contributed by atoms with Crippen LogP contribution >= 0.6 is 0 Å². The lowest BCUT2D eigenvalue weighted by Crippen LogP contribution is -2.47. The molecule has 3 atom stereocenters. The molecule has 10 heteroatoms. The second-order valence-electron chi connectivity index (χ2n) is 11.2. The molecule has 6 rings (SSSR count). The van der Waals surface area contributed by atoms with Gasteiger partial charge in [-0.1, -0.05) is 83.8 Å². The predicted octanol–water partition coefficient (Wildman–Crippen LogP) is 4.72. The Labute approximate surface area is 244 Å². The molecule has 3 heterocycles. The first-order valence-electron chi connectivity index (χ1n) is 15.0. The normalized spacial score (nSPS) is 21.4. The van der Waals surface area contributed by atoms with Gasteiger partial charge in [0, 0.05) is 49.9 Å². The Morgan fingerprint density at radius 1 is 0.905 bits per heavy atom. The Kier molecular flexibility index (Phi) is 8.67. The maximum absolute atomic E-state index is 13.8. The van der Waals surface area contributed by atoms with Crippen molar-refractivity contribution in [2.45, 2.75) is 69.7 Å². The summed E-state index contributed by atoms with van der Waals surface area (Å²) in [7, 11) is 0. The highest BCUT2D eigenvalue weighted by atomic mass is 16.5. The van der Waals surface area contributed by atoms with E-state index < -0.39 is 0 Å². The lowest BCUT2D eigenvalue weighted by Gasteiger charge is -2.32. The summed E-state index contributed by atoms with van der Waals surface area (Å²) in [6.45, 7) is 1.27. The van der Waals surface area contributed by atoms with Crippen LogP contribution in [0.15, 0.2) is 69.7 Å². The Hall–Kier alpha value is -4.34. The van der Waals surface area contributed by atoms with Gasteiger partial charge in [0.25, 0.3) is 0 Å². The van der Waals surface area contributed by atoms with Crippen LogP contribution in [0.5, 0.6) is 0 Å². The van der Waals surface area contributed by atoms with E-state index in [0.29, 0.717) is 62.2 Å². The van der Waals surface area contributed by atoms with Gasteiger partial charge < -0.3 is 19.3 Å². The van der Waals surface area contributed by atoms with Crippen LogP contribution < -0.4 is 5.32 Å². The minimum Gasteiger partial charge on any atom is -0.356 e. The lowest BCUT2D eigenvalue weighted by atomic mass is 9.99. The summed E-state index contributed by atoms with van der Waals surface area (Å²) in [5.74, 6) is 1.66. The second-order valence-corrected chi connectivity index (χ2v) is 11.2. The number of carbonyl (C=O) groups excluding carboxylic acids is 2. The van der Waals surface area contributed by atoms with E-state index in [1.54, 1.807) is 0 Å². The highest BCUT2D eigenvalue weighted by molar-refractivity contribution is 5.82. The zero-order valence-corrected chi connectivity index (χ0v) is 23.7. The highest BCUT2D eigenvalue weighted by Gasteiger charge is 2.45. The average molecular weight is 569 g/mol. The van der Waals surface area contributed by atoms with Gasteiger partial charge in [-0.3, -0.25) is 9.59 Å². The molecule has 1 saturated carbocycles. The fraction of sp³-hybridized carbons (Fsp3) is 0.438. The minimum absolute atomic E-state index is 0.00405. The van der Waals surface area contributed by atoms with E-state index in [-0.39, 0.29) is 36.1 Å². The van der Waals surface area contributed by atoms with E-state index in [0.717, 1.165) is 36.8 Å². The first kappa shape index (κ1) is 27.8. The maximum Gasteiger partial charge on any atom is 0.229 e.